The third-order valence-corrected chi connectivity index (χ3v) is 4.06. The molecule has 6 heteroatoms. The molecule has 0 saturated heterocycles. The first kappa shape index (κ1) is 15.9. The van der Waals surface area contributed by atoms with Crippen molar-refractivity contribution in [3.05, 3.63) is 53.6 Å². The molecule has 0 unspecified atom stereocenters. The fourth-order valence-corrected chi connectivity index (χ4v) is 2.84. The Labute approximate surface area is 139 Å². The Morgan fingerprint density at radius 2 is 1.92 bits per heavy atom. The summed E-state index contributed by atoms with van der Waals surface area (Å²) in [5, 5.41) is 15.7. The summed E-state index contributed by atoms with van der Waals surface area (Å²) < 4.78 is 10.6. The van der Waals surface area contributed by atoms with Crippen LogP contribution in [0.4, 0.5) is 0 Å². The molecular weight excluding hydrogens is 308 g/mol. The molecule has 0 spiro atoms. The van der Waals surface area contributed by atoms with Crippen LogP contribution in [0.1, 0.15) is 23.6 Å². The van der Waals surface area contributed by atoms with Crippen LogP contribution in [0.5, 0.6) is 17.2 Å². The summed E-state index contributed by atoms with van der Waals surface area (Å²) in [4.78, 5) is 11.4. The molecular formula is C18H18N2O4. The fourth-order valence-electron chi connectivity index (χ4n) is 2.84. The smallest absolute Gasteiger partial charge is 0.230 e. The summed E-state index contributed by atoms with van der Waals surface area (Å²) in [7, 11) is 3.14. The maximum Gasteiger partial charge on any atom is 0.230 e. The molecule has 1 heterocycles. The average molecular weight is 326 g/mol. The van der Waals surface area contributed by atoms with E-state index in [1.807, 2.05) is 18.2 Å². The first-order valence-electron chi connectivity index (χ1n) is 7.49. The normalized spacial score (nSPS) is 16.7. The standard InChI is InChI=1S/C18H18N2O4/c1-23-17-8-7-12(9-18(17)24-2)15-10-14(19-20(15)11-21)13-5-3-4-6-16(13)22/h3-9,11,15,22H,10H2,1-2H3/t15-/m0/s1. The number of phenolic OH excluding ortho intramolecular Hbond substituents is 1. The number of hydrazone groups is 1. The van der Waals surface area contributed by atoms with Gasteiger partial charge in [0.1, 0.15) is 5.75 Å². The number of hydrogen-bond acceptors (Lipinski definition) is 5. The number of rotatable bonds is 5. The molecule has 1 aliphatic heterocycles. The summed E-state index contributed by atoms with van der Waals surface area (Å²) in [6, 6.07) is 12.2. The van der Waals surface area contributed by atoms with Crippen LogP contribution in [0.3, 0.4) is 0 Å². The highest BCUT2D eigenvalue weighted by atomic mass is 16.5. The highest BCUT2D eigenvalue weighted by molar-refractivity contribution is 6.04. The predicted molar refractivity (Wildman–Crippen MR) is 89.5 cm³/mol. The molecule has 24 heavy (non-hydrogen) atoms. The Morgan fingerprint density at radius 3 is 2.58 bits per heavy atom. The van der Waals surface area contributed by atoms with Crippen molar-refractivity contribution >= 4 is 12.1 Å². The van der Waals surface area contributed by atoms with Gasteiger partial charge >= 0.3 is 0 Å². The molecule has 1 amide bonds. The lowest BCUT2D eigenvalue weighted by atomic mass is 9.98. The lowest BCUT2D eigenvalue weighted by molar-refractivity contribution is -0.119. The number of benzene rings is 2. The van der Waals surface area contributed by atoms with E-state index < -0.39 is 0 Å². The van der Waals surface area contributed by atoms with Crippen molar-refractivity contribution < 1.29 is 19.4 Å². The number of carbonyl (C=O) groups excluding carboxylic acids is 1. The zero-order valence-electron chi connectivity index (χ0n) is 13.5. The summed E-state index contributed by atoms with van der Waals surface area (Å²) in [6.07, 6.45) is 1.19. The van der Waals surface area contributed by atoms with Crippen LogP contribution in [0.25, 0.3) is 0 Å². The zero-order chi connectivity index (χ0) is 17.1. The van der Waals surface area contributed by atoms with Crippen molar-refractivity contribution in [1.82, 2.24) is 5.01 Å². The average Bonchev–Trinajstić information content (AvgIpc) is 3.05. The SMILES string of the molecule is COc1ccc([C@@H]2CC(c3ccccc3O)=NN2C=O)cc1OC. The molecule has 2 aromatic rings. The van der Waals surface area contributed by atoms with Crippen LogP contribution in [0, 0.1) is 0 Å². The van der Waals surface area contributed by atoms with Gasteiger partial charge in [-0.3, -0.25) is 4.79 Å². The molecule has 1 aliphatic rings. The van der Waals surface area contributed by atoms with Crippen LogP contribution in [0.15, 0.2) is 47.6 Å². The van der Waals surface area contributed by atoms with Crippen molar-refractivity contribution in [2.24, 2.45) is 5.10 Å². The van der Waals surface area contributed by atoms with Crippen LogP contribution < -0.4 is 9.47 Å². The largest absolute Gasteiger partial charge is 0.507 e. The molecule has 124 valence electrons. The summed E-state index contributed by atoms with van der Waals surface area (Å²) in [6.45, 7) is 0. The number of methoxy groups -OCH3 is 2. The van der Waals surface area contributed by atoms with Gasteiger partial charge in [0, 0.05) is 12.0 Å². The zero-order valence-corrected chi connectivity index (χ0v) is 13.5. The summed E-state index contributed by atoms with van der Waals surface area (Å²) >= 11 is 0. The van der Waals surface area contributed by atoms with E-state index in [1.54, 1.807) is 38.5 Å². The van der Waals surface area contributed by atoms with E-state index in [1.165, 1.54) is 5.01 Å². The van der Waals surface area contributed by atoms with E-state index >= 15 is 0 Å². The minimum absolute atomic E-state index is 0.148. The van der Waals surface area contributed by atoms with Gasteiger partial charge in [-0.25, -0.2) is 5.01 Å². The van der Waals surface area contributed by atoms with Gasteiger partial charge in [0.25, 0.3) is 0 Å². The minimum atomic E-state index is -0.253. The van der Waals surface area contributed by atoms with Gasteiger partial charge in [0.05, 0.1) is 26.0 Å². The quantitative estimate of drug-likeness (QED) is 0.858. The van der Waals surface area contributed by atoms with Gasteiger partial charge in [0.2, 0.25) is 6.41 Å². The lowest BCUT2D eigenvalue weighted by Gasteiger charge is -2.19. The maximum absolute atomic E-state index is 11.4. The highest BCUT2D eigenvalue weighted by Gasteiger charge is 2.30. The molecule has 0 bridgehead atoms. The topological polar surface area (TPSA) is 71.4 Å². The first-order chi connectivity index (χ1) is 11.7. The molecule has 3 rings (SSSR count). The molecule has 1 N–H and O–H groups in total. The van der Waals surface area contributed by atoms with E-state index in [0.717, 1.165) is 5.56 Å². The second-order valence-electron chi connectivity index (χ2n) is 5.38. The number of nitrogens with zero attached hydrogens (tertiary/aromatic N) is 2. The van der Waals surface area contributed by atoms with E-state index in [4.69, 9.17) is 9.47 Å². The van der Waals surface area contributed by atoms with E-state index in [-0.39, 0.29) is 11.8 Å². The molecule has 0 saturated carbocycles. The van der Waals surface area contributed by atoms with Gasteiger partial charge in [-0.1, -0.05) is 18.2 Å². The number of para-hydroxylation sites is 1. The third kappa shape index (κ3) is 2.78. The second-order valence-corrected chi connectivity index (χ2v) is 5.38. The van der Waals surface area contributed by atoms with E-state index in [2.05, 4.69) is 5.10 Å². The number of carbonyl (C=O) groups is 1. The number of phenols is 1. The Morgan fingerprint density at radius 1 is 1.17 bits per heavy atom. The second kappa shape index (κ2) is 6.62. The van der Waals surface area contributed by atoms with Gasteiger partial charge < -0.3 is 14.6 Å². The maximum atomic E-state index is 11.4. The third-order valence-electron chi connectivity index (χ3n) is 4.06. The van der Waals surface area contributed by atoms with Gasteiger partial charge in [0.15, 0.2) is 11.5 Å². The molecule has 0 aromatic heterocycles. The van der Waals surface area contributed by atoms with E-state index in [9.17, 15) is 9.90 Å². The number of amides is 1. The summed E-state index contributed by atoms with van der Waals surface area (Å²) in [5.74, 6) is 1.37. The summed E-state index contributed by atoms with van der Waals surface area (Å²) in [5.41, 5.74) is 2.18. The van der Waals surface area contributed by atoms with Crippen LogP contribution in [-0.4, -0.2) is 36.5 Å². The molecule has 1 atom stereocenters. The minimum Gasteiger partial charge on any atom is -0.507 e. The lowest BCUT2D eigenvalue weighted by Crippen LogP contribution is -2.17. The van der Waals surface area contributed by atoms with Crippen molar-refractivity contribution in [1.29, 1.82) is 0 Å². The molecule has 0 fully saturated rings. The Hall–Kier alpha value is -3.02. The number of aromatic hydroxyl groups is 1. The monoisotopic (exact) mass is 326 g/mol. The van der Waals surface area contributed by atoms with Crippen LogP contribution in [-0.2, 0) is 4.79 Å². The fraction of sp³-hybridized carbons (Fsp3) is 0.222. The van der Waals surface area contributed by atoms with E-state index in [0.29, 0.717) is 35.6 Å². The van der Waals surface area contributed by atoms with Crippen molar-refractivity contribution in [3.8, 4) is 17.2 Å². The van der Waals surface area contributed by atoms with Crippen molar-refractivity contribution in [3.63, 3.8) is 0 Å². The van der Waals surface area contributed by atoms with Crippen molar-refractivity contribution in [2.75, 3.05) is 14.2 Å². The Bertz CT molecular complexity index is 788. The number of ether oxygens (including phenoxy) is 2. The van der Waals surface area contributed by atoms with Gasteiger partial charge in [-0.2, -0.15) is 5.10 Å². The molecule has 0 aliphatic carbocycles. The first-order valence-corrected chi connectivity index (χ1v) is 7.49. The predicted octanol–water partition coefficient (Wildman–Crippen LogP) is 2.72. The van der Waals surface area contributed by atoms with Gasteiger partial charge in [-0.05, 0) is 29.8 Å². The highest BCUT2D eigenvalue weighted by Crippen LogP contribution is 2.37. The van der Waals surface area contributed by atoms with Crippen LogP contribution in [0.2, 0.25) is 0 Å². The molecule has 6 nitrogen and oxygen atoms in total. The van der Waals surface area contributed by atoms with Crippen LogP contribution >= 0.6 is 0 Å². The molecule has 0 radical (unpaired) electrons. The van der Waals surface area contributed by atoms with Crippen molar-refractivity contribution in [2.45, 2.75) is 12.5 Å². The number of hydrogen-bond donors (Lipinski definition) is 1. The van der Waals surface area contributed by atoms with Gasteiger partial charge in [-0.15, -0.1) is 0 Å². The Balaban J connectivity index is 1.93. The Kier molecular flexibility index (Phi) is 4.37. The molecule has 2 aromatic carbocycles.